The molecule has 0 spiro atoms. The van der Waals surface area contributed by atoms with Gasteiger partial charge in [-0.3, -0.25) is 14.4 Å². The highest BCUT2D eigenvalue weighted by atomic mass is 32.2. The van der Waals surface area contributed by atoms with Crippen molar-refractivity contribution in [2.24, 2.45) is 0 Å². The van der Waals surface area contributed by atoms with Gasteiger partial charge in [0.05, 0.1) is 22.6 Å². The fourth-order valence-corrected chi connectivity index (χ4v) is 5.92. The summed E-state index contributed by atoms with van der Waals surface area (Å²) >= 11 is 2.72. The molecule has 222 valence electrons. The number of nitrogens with one attached hydrogen (secondary N) is 3. The van der Waals surface area contributed by atoms with Crippen LogP contribution in [0.5, 0.6) is 5.75 Å². The Morgan fingerprint density at radius 2 is 1.73 bits per heavy atom. The van der Waals surface area contributed by atoms with E-state index in [0.29, 0.717) is 23.0 Å². The maximum atomic E-state index is 13.4. The first-order chi connectivity index (χ1) is 21.4. The highest BCUT2D eigenvalue weighted by Crippen LogP contribution is 2.30. The molecular weight excluding hydrogens is 593 g/mol. The van der Waals surface area contributed by atoms with Gasteiger partial charge in [-0.15, -0.1) is 11.8 Å². The molecule has 0 unspecified atom stereocenters. The van der Waals surface area contributed by atoms with Gasteiger partial charge in [-0.25, -0.2) is 4.98 Å². The summed E-state index contributed by atoms with van der Waals surface area (Å²) < 4.78 is 6.47. The summed E-state index contributed by atoms with van der Waals surface area (Å²) in [5, 5.41) is 9.02. The molecule has 8 nitrogen and oxygen atoms in total. The average molecular weight is 623 g/mol. The molecule has 0 bridgehead atoms. The number of amides is 3. The van der Waals surface area contributed by atoms with Crippen molar-refractivity contribution in [1.29, 1.82) is 0 Å². The zero-order valence-electron chi connectivity index (χ0n) is 24.1. The van der Waals surface area contributed by atoms with Gasteiger partial charge in [0, 0.05) is 16.1 Å². The number of anilines is 2. The Morgan fingerprint density at radius 1 is 0.909 bits per heavy atom. The van der Waals surface area contributed by atoms with Crippen LogP contribution in [-0.2, 0) is 9.59 Å². The van der Waals surface area contributed by atoms with Crippen LogP contribution < -0.4 is 20.7 Å². The van der Waals surface area contributed by atoms with Gasteiger partial charge in [0.25, 0.3) is 11.8 Å². The van der Waals surface area contributed by atoms with Gasteiger partial charge in [-0.2, -0.15) is 0 Å². The Balaban J connectivity index is 1.23. The van der Waals surface area contributed by atoms with Crippen molar-refractivity contribution in [3.8, 4) is 5.75 Å². The number of ether oxygens (including phenoxy) is 1. The molecule has 44 heavy (non-hydrogen) atoms. The number of rotatable bonds is 11. The number of fused-ring (bicyclic) bond motifs is 1. The lowest BCUT2D eigenvalue weighted by Gasteiger charge is -2.12. The summed E-state index contributed by atoms with van der Waals surface area (Å²) in [5.74, 6) is -0.138. The lowest BCUT2D eigenvalue weighted by Crippen LogP contribution is -2.30. The van der Waals surface area contributed by atoms with E-state index in [1.165, 1.54) is 23.1 Å². The van der Waals surface area contributed by atoms with E-state index in [9.17, 15) is 14.4 Å². The lowest BCUT2D eigenvalue weighted by molar-refractivity contribution is -0.114. The molecule has 4 aromatic carbocycles. The zero-order chi connectivity index (χ0) is 30.9. The van der Waals surface area contributed by atoms with Crippen molar-refractivity contribution >= 4 is 67.9 Å². The number of hydrogen-bond donors (Lipinski definition) is 3. The van der Waals surface area contributed by atoms with Crippen molar-refractivity contribution in [3.05, 3.63) is 119 Å². The molecule has 0 aliphatic carbocycles. The number of hydrogen-bond acceptors (Lipinski definition) is 7. The number of aryl methyl sites for hydroxylation is 1. The fourth-order valence-electron chi connectivity index (χ4n) is 4.25. The quantitative estimate of drug-likeness (QED) is 0.107. The van der Waals surface area contributed by atoms with Crippen LogP contribution in [0.3, 0.4) is 0 Å². The third kappa shape index (κ3) is 8.33. The molecule has 0 fully saturated rings. The minimum Gasteiger partial charge on any atom is -0.494 e. The first-order valence-electron chi connectivity index (χ1n) is 13.9. The number of thioether (sulfide) groups is 1. The van der Waals surface area contributed by atoms with E-state index in [0.717, 1.165) is 32.0 Å². The maximum absolute atomic E-state index is 13.4. The van der Waals surface area contributed by atoms with Crippen LogP contribution in [0.25, 0.3) is 16.3 Å². The van der Waals surface area contributed by atoms with Crippen LogP contribution in [0.4, 0.5) is 10.8 Å². The SMILES string of the molecule is CCOc1ccc2nc(NC(=O)CSc3cccc(NC(=O)/C(=C\c4cccc(C)c4)NC(=O)c4ccccc4)c3)sc2c1. The van der Waals surface area contributed by atoms with Gasteiger partial charge in [0.2, 0.25) is 5.91 Å². The summed E-state index contributed by atoms with van der Waals surface area (Å²) in [4.78, 5) is 44.3. The van der Waals surface area contributed by atoms with Gasteiger partial charge in [-0.1, -0.05) is 65.4 Å². The highest BCUT2D eigenvalue weighted by Gasteiger charge is 2.16. The number of nitrogens with zero attached hydrogens (tertiary/aromatic N) is 1. The van der Waals surface area contributed by atoms with E-state index in [4.69, 9.17) is 4.74 Å². The molecule has 1 heterocycles. The molecule has 0 aliphatic heterocycles. The van der Waals surface area contributed by atoms with Gasteiger partial charge in [0.15, 0.2) is 5.13 Å². The predicted octanol–water partition coefficient (Wildman–Crippen LogP) is 7.14. The van der Waals surface area contributed by atoms with Gasteiger partial charge in [-0.05, 0) is 74.0 Å². The van der Waals surface area contributed by atoms with Crippen LogP contribution in [-0.4, -0.2) is 35.1 Å². The normalized spacial score (nSPS) is 11.2. The summed E-state index contributed by atoms with van der Waals surface area (Å²) in [6, 6.07) is 29.2. The molecule has 0 aliphatic rings. The largest absolute Gasteiger partial charge is 0.494 e. The molecule has 5 rings (SSSR count). The molecule has 3 N–H and O–H groups in total. The van der Waals surface area contributed by atoms with Crippen molar-refractivity contribution in [2.75, 3.05) is 23.0 Å². The Labute approximate surface area is 263 Å². The second kappa shape index (κ2) is 14.5. The molecule has 5 aromatic rings. The zero-order valence-corrected chi connectivity index (χ0v) is 25.8. The predicted molar refractivity (Wildman–Crippen MR) is 178 cm³/mol. The van der Waals surface area contributed by atoms with E-state index in [2.05, 4.69) is 20.9 Å². The van der Waals surface area contributed by atoms with E-state index in [1.54, 1.807) is 48.5 Å². The summed E-state index contributed by atoms with van der Waals surface area (Å²) in [7, 11) is 0. The van der Waals surface area contributed by atoms with Gasteiger partial charge in [0.1, 0.15) is 11.4 Å². The number of aromatic nitrogens is 1. The maximum Gasteiger partial charge on any atom is 0.272 e. The second-order valence-corrected chi connectivity index (χ2v) is 11.8. The third-order valence-corrected chi connectivity index (χ3v) is 8.19. The smallest absolute Gasteiger partial charge is 0.272 e. The van der Waals surface area contributed by atoms with Gasteiger partial charge >= 0.3 is 0 Å². The van der Waals surface area contributed by atoms with E-state index in [-0.39, 0.29) is 17.4 Å². The highest BCUT2D eigenvalue weighted by molar-refractivity contribution is 8.00. The number of benzene rings is 4. The first-order valence-corrected chi connectivity index (χ1v) is 15.7. The first kappa shape index (κ1) is 30.5. The minimum absolute atomic E-state index is 0.103. The molecule has 3 amide bonds. The summed E-state index contributed by atoms with van der Waals surface area (Å²) in [6.07, 6.45) is 1.64. The number of carbonyl (C=O) groups excluding carboxylic acids is 3. The second-order valence-electron chi connectivity index (χ2n) is 9.69. The van der Waals surface area contributed by atoms with Crippen LogP contribution in [0.2, 0.25) is 0 Å². The van der Waals surface area contributed by atoms with Crippen molar-refractivity contribution in [1.82, 2.24) is 10.3 Å². The Hall–Kier alpha value is -4.93. The van der Waals surface area contributed by atoms with Crippen molar-refractivity contribution < 1.29 is 19.1 Å². The summed E-state index contributed by atoms with van der Waals surface area (Å²) in [6.45, 7) is 4.46. The van der Waals surface area contributed by atoms with E-state index in [1.807, 2.05) is 68.4 Å². The Bertz CT molecular complexity index is 1840. The van der Waals surface area contributed by atoms with Crippen LogP contribution in [0.15, 0.2) is 108 Å². The van der Waals surface area contributed by atoms with Gasteiger partial charge < -0.3 is 20.7 Å². The standard InChI is InChI=1S/C34H30N4O4S2/c1-3-42-26-15-16-28-30(20-26)44-34(37-28)38-31(39)21-43-27-14-8-13-25(19-27)35-33(41)29(18-23-10-7-9-22(2)17-23)36-32(40)24-11-5-4-6-12-24/h4-20H,3,21H2,1-2H3,(H,35,41)(H,36,40)(H,37,38,39)/b29-18+. The molecule has 1 aromatic heterocycles. The van der Waals surface area contributed by atoms with Crippen molar-refractivity contribution in [2.45, 2.75) is 18.7 Å². The van der Waals surface area contributed by atoms with Crippen LogP contribution in [0.1, 0.15) is 28.4 Å². The Kier molecular flexibility index (Phi) is 10.1. The topological polar surface area (TPSA) is 109 Å². The molecular formula is C34H30N4O4S2. The Morgan fingerprint density at radius 3 is 2.52 bits per heavy atom. The minimum atomic E-state index is -0.473. The molecule has 0 atom stereocenters. The number of carbonyl (C=O) groups is 3. The lowest BCUT2D eigenvalue weighted by atomic mass is 10.1. The molecule has 0 saturated carbocycles. The van der Waals surface area contributed by atoms with Crippen molar-refractivity contribution in [3.63, 3.8) is 0 Å². The molecule has 0 saturated heterocycles. The van der Waals surface area contributed by atoms with Crippen LogP contribution in [0, 0.1) is 6.92 Å². The third-order valence-electron chi connectivity index (χ3n) is 6.26. The van der Waals surface area contributed by atoms with Crippen LogP contribution >= 0.6 is 23.1 Å². The monoisotopic (exact) mass is 622 g/mol. The van der Waals surface area contributed by atoms with E-state index >= 15 is 0 Å². The molecule has 0 radical (unpaired) electrons. The fraction of sp³-hybridized carbons (Fsp3) is 0.118. The van der Waals surface area contributed by atoms with E-state index < -0.39 is 11.8 Å². The number of thiazole rings is 1. The molecule has 10 heteroatoms. The summed E-state index contributed by atoms with van der Waals surface area (Å²) in [5.41, 5.74) is 3.67. The average Bonchev–Trinajstić information content (AvgIpc) is 3.42.